The topological polar surface area (TPSA) is 72.8 Å². The first-order chi connectivity index (χ1) is 12.2. The Morgan fingerprint density at radius 2 is 1.96 bits per heavy atom. The van der Waals surface area contributed by atoms with Crippen LogP contribution in [-0.4, -0.2) is 35.9 Å². The number of ketones is 1. The molecule has 1 aliphatic heterocycles. The Hall–Kier alpha value is -1.20. The Bertz CT molecular complexity index is 682. The Labute approximate surface area is 155 Å². The van der Waals surface area contributed by atoms with Gasteiger partial charge in [0.05, 0.1) is 6.61 Å². The molecular weight excluding hydrogens is 332 g/mol. The molecule has 0 aromatic heterocycles. The lowest BCUT2D eigenvalue weighted by Gasteiger charge is -2.63. The van der Waals surface area contributed by atoms with Gasteiger partial charge in [0.25, 0.3) is 0 Å². The van der Waals surface area contributed by atoms with Gasteiger partial charge in [0.2, 0.25) is 0 Å². The lowest BCUT2D eigenvalue weighted by molar-refractivity contribution is -0.185. The number of fused-ring (bicyclic) bond motifs is 4. The van der Waals surface area contributed by atoms with Crippen LogP contribution < -0.4 is 0 Å². The van der Waals surface area contributed by atoms with Crippen LogP contribution in [0.15, 0.2) is 11.1 Å². The minimum Gasteiger partial charge on any atom is -0.462 e. The van der Waals surface area contributed by atoms with Crippen molar-refractivity contribution in [3.63, 3.8) is 0 Å². The molecule has 0 amide bonds. The van der Waals surface area contributed by atoms with Gasteiger partial charge in [-0.15, -0.1) is 0 Å². The average Bonchev–Trinajstić information content (AvgIpc) is 2.92. The van der Waals surface area contributed by atoms with E-state index < -0.39 is 6.29 Å². The number of carbonyl (C=O) groups is 2. The number of aliphatic hydroxyl groups is 1. The van der Waals surface area contributed by atoms with Crippen molar-refractivity contribution in [1.29, 1.82) is 0 Å². The van der Waals surface area contributed by atoms with E-state index in [1.807, 2.05) is 0 Å². The zero-order chi connectivity index (χ0) is 18.9. The van der Waals surface area contributed by atoms with Crippen molar-refractivity contribution < 1.29 is 24.2 Å². The number of carbonyl (C=O) groups excluding carboxylic acids is 2. The highest BCUT2D eigenvalue weighted by atomic mass is 16.6. The second-order valence-corrected chi connectivity index (χ2v) is 9.33. The molecule has 0 aromatic rings. The van der Waals surface area contributed by atoms with Crippen molar-refractivity contribution in [3.8, 4) is 0 Å². The molecule has 0 aromatic carbocycles. The molecule has 0 bridgehead atoms. The molecule has 1 heterocycles. The number of hydrogen-bond acceptors (Lipinski definition) is 5. The molecule has 4 aliphatic rings. The van der Waals surface area contributed by atoms with Gasteiger partial charge in [0.15, 0.2) is 6.29 Å². The highest BCUT2D eigenvalue weighted by Gasteiger charge is 2.64. The molecule has 0 radical (unpaired) electrons. The summed E-state index contributed by atoms with van der Waals surface area (Å²) < 4.78 is 11.4. The SMILES string of the molecule is CC(=O)O[C@H]1C[C@]2(C)[C@H](CCC(=O)[C@@H]2C)[C@@]2(C)CCC3=C(COC3O)[C@H]12. The largest absolute Gasteiger partial charge is 0.462 e. The highest BCUT2D eigenvalue weighted by Crippen LogP contribution is 2.66. The molecule has 2 fully saturated rings. The molecule has 2 saturated carbocycles. The first kappa shape index (κ1) is 18.2. The molecule has 5 heteroatoms. The minimum atomic E-state index is -0.812. The van der Waals surface area contributed by atoms with Crippen LogP contribution >= 0.6 is 0 Å². The van der Waals surface area contributed by atoms with Gasteiger partial charge in [-0.3, -0.25) is 9.59 Å². The third-order valence-electron chi connectivity index (χ3n) is 8.20. The zero-order valence-corrected chi connectivity index (χ0v) is 16.2. The van der Waals surface area contributed by atoms with Gasteiger partial charge >= 0.3 is 5.97 Å². The summed E-state index contributed by atoms with van der Waals surface area (Å²) in [6.07, 6.45) is 2.95. The average molecular weight is 362 g/mol. The number of ether oxygens (including phenoxy) is 2. The molecule has 5 nitrogen and oxygen atoms in total. The maximum Gasteiger partial charge on any atom is 0.302 e. The van der Waals surface area contributed by atoms with Gasteiger partial charge in [-0.05, 0) is 53.6 Å². The van der Waals surface area contributed by atoms with Crippen molar-refractivity contribution in [2.75, 3.05) is 6.61 Å². The first-order valence-electron chi connectivity index (χ1n) is 9.90. The molecule has 1 unspecified atom stereocenters. The van der Waals surface area contributed by atoms with Crippen molar-refractivity contribution in [2.45, 2.75) is 72.2 Å². The van der Waals surface area contributed by atoms with Crippen molar-refractivity contribution in [2.24, 2.45) is 28.6 Å². The number of esters is 1. The highest BCUT2D eigenvalue weighted by molar-refractivity contribution is 5.82. The van der Waals surface area contributed by atoms with Crippen molar-refractivity contribution >= 4 is 11.8 Å². The summed E-state index contributed by atoms with van der Waals surface area (Å²) in [5, 5.41) is 10.2. The van der Waals surface area contributed by atoms with Crippen LogP contribution in [0.2, 0.25) is 0 Å². The van der Waals surface area contributed by atoms with E-state index in [4.69, 9.17) is 9.47 Å². The van der Waals surface area contributed by atoms with Crippen LogP contribution in [0.5, 0.6) is 0 Å². The Morgan fingerprint density at radius 1 is 1.23 bits per heavy atom. The smallest absolute Gasteiger partial charge is 0.302 e. The van der Waals surface area contributed by atoms with E-state index in [9.17, 15) is 14.7 Å². The van der Waals surface area contributed by atoms with Crippen molar-refractivity contribution in [1.82, 2.24) is 0 Å². The predicted octanol–water partition coefficient (Wildman–Crippen LogP) is 3.00. The van der Waals surface area contributed by atoms with E-state index in [0.717, 1.165) is 30.4 Å². The summed E-state index contributed by atoms with van der Waals surface area (Å²) in [6, 6.07) is 0. The summed E-state index contributed by atoms with van der Waals surface area (Å²) in [6.45, 7) is 8.47. The summed E-state index contributed by atoms with van der Waals surface area (Å²) in [7, 11) is 0. The fraction of sp³-hybridized carbons (Fsp3) is 0.810. The van der Waals surface area contributed by atoms with Gasteiger partial charge in [-0.1, -0.05) is 20.8 Å². The van der Waals surface area contributed by atoms with E-state index in [2.05, 4.69) is 20.8 Å². The molecule has 4 rings (SSSR count). The number of aliphatic hydroxyl groups excluding tert-OH is 1. The number of Topliss-reactive ketones (excluding diaryl/α,β-unsaturated/α-hetero) is 1. The quantitative estimate of drug-likeness (QED) is 0.573. The second kappa shape index (κ2) is 5.90. The van der Waals surface area contributed by atoms with E-state index in [0.29, 0.717) is 31.1 Å². The molecule has 0 spiro atoms. The lowest BCUT2D eigenvalue weighted by Crippen LogP contribution is -2.61. The molecule has 7 atom stereocenters. The van der Waals surface area contributed by atoms with E-state index in [1.165, 1.54) is 6.92 Å². The number of hydrogen-bond donors (Lipinski definition) is 1. The van der Waals surface area contributed by atoms with Gasteiger partial charge in [-0.2, -0.15) is 0 Å². The Kier molecular flexibility index (Phi) is 4.12. The maximum absolute atomic E-state index is 12.5. The summed E-state index contributed by atoms with van der Waals surface area (Å²) >= 11 is 0. The van der Waals surface area contributed by atoms with Crippen LogP contribution in [0, 0.1) is 28.6 Å². The summed E-state index contributed by atoms with van der Waals surface area (Å²) in [5.74, 6) is 0.527. The Morgan fingerprint density at radius 3 is 2.65 bits per heavy atom. The van der Waals surface area contributed by atoms with Crippen LogP contribution in [0.4, 0.5) is 0 Å². The van der Waals surface area contributed by atoms with Crippen molar-refractivity contribution in [3.05, 3.63) is 11.1 Å². The van der Waals surface area contributed by atoms with Crippen LogP contribution in [-0.2, 0) is 19.1 Å². The molecular formula is C21H30O5. The van der Waals surface area contributed by atoms with Gasteiger partial charge in [0.1, 0.15) is 11.9 Å². The molecule has 1 N–H and O–H groups in total. The van der Waals surface area contributed by atoms with Crippen LogP contribution in [0.3, 0.4) is 0 Å². The lowest BCUT2D eigenvalue weighted by atomic mass is 9.42. The summed E-state index contributed by atoms with van der Waals surface area (Å²) in [5.41, 5.74) is 1.93. The molecule has 3 aliphatic carbocycles. The van der Waals surface area contributed by atoms with Gasteiger partial charge < -0.3 is 14.6 Å². The molecule has 0 saturated heterocycles. The fourth-order valence-electron chi connectivity index (χ4n) is 6.87. The molecule has 144 valence electrons. The normalized spacial score (nSPS) is 47.9. The fourth-order valence-corrected chi connectivity index (χ4v) is 6.87. The second-order valence-electron chi connectivity index (χ2n) is 9.33. The monoisotopic (exact) mass is 362 g/mol. The standard InChI is InChI=1S/C21H30O5/c1-11-15(23)5-6-17-20(3)8-7-13-14(10-25-19(13)24)18(20)16(26-12(2)22)9-21(11,17)4/h11,16-19,24H,5-10H2,1-4H3/t11-,16-,17+,18+,19?,20+,21-/m0/s1. The summed E-state index contributed by atoms with van der Waals surface area (Å²) in [4.78, 5) is 24.4. The Balaban J connectivity index is 1.82. The minimum absolute atomic E-state index is 0.0159. The van der Waals surface area contributed by atoms with Gasteiger partial charge in [-0.25, -0.2) is 0 Å². The van der Waals surface area contributed by atoms with E-state index in [-0.39, 0.29) is 34.7 Å². The van der Waals surface area contributed by atoms with E-state index >= 15 is 0 Å². The first-order valence-corrected chi connectivity index (χ1v) is 9.90. The number of rotatable bonds is 1. The predicted molar refractivity (Wildman–Crippen MR) is 95.0 cm³/mol. The van der Waals surface area contributed by atoms with Gasteiger partial charge in [0, 0.05) is 25.2 Å². The zero-order valence-electron chi connectivity index (χ0n) is 16.2. The third kappa shape index (κ3) is 2.36. The molecule has 26 heavy (non-hydrogen) atoms. The van der Waals surface area contributed by atoms with Crippen LogP contribution in [0.25, 0.3) is 0 Å². The van der Waals surface area contributed by atoms with E-state index in [1.54, 1.807) is 0 Å². The van der Waals surface area contributed by atoms with Crippen LogP contribution in [0.1, 0.15) is 59.8 Å². The third-order valence-corrected chi connectivity index (χ3v) is 8.20. The maximum atomic E-state index is 12.5.